The van der Waals surface area contributed by atoms with Gasteiger partial charge in [-0.15, -0.1) is 23.7 Å². The van der Waals surface area contributed by atoms with E-state index in [1.165, 1.54) is 7.11 Å². The minimum atomic E-state index is -3.80. The van der Waals surface area contributed by atoms with E-state index < -0.39 is 16.0 Å². The van der Waals surface area contributed by atoms with Crippen molar-refractivity contribution in [1.82, 2.24) is 10.0 Å². The number of halogens is 1. The summed E-state index contributed by atoms with van der Waals surface area (Å²) in [5, 5.41) is 3.66. The maximum Gasteiger partial charge on any atom is 0.349 e. The Morgan fingerprint density at radius 2 is 1.92 bits per heavy atom. The van der Waals surface area contributed by atoms with Crippen LogP contribution in [0.1, 0.15) is 23.0 Å². The third kappa shape index (κ3) is 4.67. The third-order valence-electron chi connectivity index (χ3n) is 3.21. The van der Waals surface area contributed by atoms with Gasteiger partial charge in [0.05, 0.1) is 7.11 Å². The van der Waals surface area contributed by atoms with Crippen LogP contribution in [0.3, 0.4) is 0 Å². The molecule has 0 fully saturated rings. The molecule has 2 N–H and O–H groups in total. The van der Waals surface area contributed by atoms with Crippen LogP contribution in [0.4, 0.5) is 0 Å². The fraction of sp³-hybridized carbons (Fsp3) is 0.400. The molecule has 9 heteroatoms. The maximum absolute atomic E-state index is 12.6. The summed E-state index contributed by atoms with van der Waals surface area (Å²) >= 11 is 1.12. The molecule has 0 amide bonds. The second kappa shape index (κ2) is 9.33. The molecule has 1 aromatic heterocycles. The van der Waals surface area contributed by atoms with Gasteiger partial charge >= 0.3 is 5.97 Å². The lowest BCUT2D eigenvalue weighted by Crippen LogP contribution is -2.32. The molecule has 0 aliphatic rings. The van der Waals surface area contributed by atoms with Crippen LogP contribution < -0.4 is 10.0 Å². The van der Waals surface area contributed by atoms with Gasteiger partial charge in [0.15, 0.2) is 0 Å². The molecule has 0 saturated heterocycles. The largest absolute Gasteiger partial charge is 0.465 e. The van der Waals surface area contributed by atoms with E-state index in [1.54, 1.807) is 24.3 Å². The highest BCUT2D eigenvalue weighted by atomic mass is 35.5. The zero-order valence-electron chi connectivity index (χ0n) is 13.5. The van der Waals surface area contributed by atoms with Crippen LogP contribution in [0.25, 0.3) is 10.1 Å². The number of benzene rings is 1. The molecular formula is C15H21ClN2O4S2. The number of methoxy groups -OCH3 is 1. The predicted octanol–water partition coefficient (Wildman–Crippen LogP) is 2.39. The van der Waals surface area contributed by atoms with E-state index in [0.717, 1.165) is 29.0 Å². The smallest absolute Gasteiger partial charge is 0.349 e. The number of thiophene rings is 1. The van der Waals surface area contributed by atoms with Crippen molar-refractivity contribution in [2.75, 3.05) is 26.7 Å². The van der Waals surface area contributed by atoms with Crippen LogP contribution in [0, 0.1) is 0 Å². The number of sulfonamides is 1. The molecule has 2 aromatic rings. The van der Waals surface area contributed by atoms with E-state index >= 15 is 0 Å². The summed E-state index contributed by atoms with van der Waals surface area (Å²) in [6.07, 6.45) is 0.981. The van der Waals surface area contributed by atoms with Gasteiger partial charge in [0.25, 0.3) is 0 Å². The Hall–Kier alpha value is -1.19. The van der Waals surface area contributed by atoms with Gasteiger partial charge < -0.3 is 10.1 Å². The molecule has 0 spiro atoms. The third-order valence-corrected chi connectivity index (χ3v) is 6.04. The second-order valence-electron chi connectivity index (χ2n) is 4.90. The van der Waals surface area contributed by atoms with Crippen LogP contribution in [0.5, 0.6) is 0 Å². The monoisotopic (exact) mass is 392 g/mol. The zero-order valence-corrected chi connectivity index (χ0v) is 15.9. The number of nitrogens with one attached hydrogen (secondary N) is 2. The predicted molar refractivity (Wildman–Crippen MR) is 98.8 cm³/mol. The Kier molecular flexibility index (Phi) is 8.11. The average Bonchev–Trinajstić information content (AvgIpc) is 2.94. The van der Waals surface area contributed by atoms with E-state index in [9.17, 15) is 13.2 Å². The average molecular weight is 393 g/mol. The Morgan fingerprint density at radius 1 is 1.21 bits per heavy atom. The van der Waals surface area contributed by atoms with Crippen molar-refractivity contribution in [3.63, 3.8) is 0 Å². The molecule has 0 radical (unpaired) electrons. The molecule has 0 atom stereocenters. The summed E-state index contributed by atoms with van der Waals surface area (Å²) in [6.45, 7) is 3.66. The van der Waals surface area contributed by atoms with E-state index in [1.807, 2.05) is 6.92 Å². The molecule has 0 aliphatic carbocycles. The first-order valence-corrected chi connectivity index (χ1v) is 9.61. The van der Waals surface area contributed by atoms with Crippen LogP contribution >= 0.6 is 23.7 Å². The van der Waals surface area contributed by atoms with E-state index in [-0.39, 0.29) is 28.7 Å². The van der Waals surface area contributed by atoms with Gasteiger partial charge in [-0.1, -0.05) is 25.1 Å². The summed E-state index contributed by atoms with van der Waals surface area (Å²) < 4.78 is 33.3. The molecule has 0 bridgehead atoms. The summed E-state index contributed by atoms with van der Waals surface area (Å²) in [4.78, 5) is 12.0. The Bertz CT molecular complexity index is 790. The molecule has 0 aliphatic heterocycles. The Balaban J connectivity index is 0.00000288. The highest BCUT2D eigenvalue weighted by Crippen LogP contribution is 2.34. The lowest BCUT2D eigenvalue weighted by Gasteiger charge is -2.08. The lowest BCUT2D eigenvalue weighted by atomic mass is 10.2. The van der Waals surface area contributed by atoms with Crippen molar-refractivity contribution >= 4 is 49.8 Å². The summed E-state index contributed by atoms with van der Waals surface area (Å²) in [5.41, 5.74) is 0. The Labute approximate surface area is 152 Å². The fourth-order valence-corrected chi connectivity index (χ4v) is 5.01. The fourth-order valence-electron chi connectivity index (χ4n) is 2.16. The number of rotatable bonds is 8. The Morgan fingerprint density at radius 3 is 2.58 bits per heavy atom. The number of carbonyl (C=O) groups is 1. The molecule has 6 nitrogen and oxygen atoms in total. The number of carbonyl (C=O) groups excluding carboxylic acids is 1. The van der Waals surface area contributed by atoms with Gasteiger partial charge in [0, 0.05) is 23.2 Å². The highest BCUT2D eigenvalue weighted by Gasteiger charge is 2.28. The van der Waals surface area contributed by atoms with Crippen molar-refractivity contribution in [3.05, 3.63) is 29.1 Å². The topological polar surface area (TPSA) is 84.5 Å². The molecule has 0 unspecified atom stereocenters. The zero-order chi connectivity index (χ0) is 16.9. The van der Waals surface area contributed by atoms with Gasteiger partial charge in [0.1, 0.15) is 9.77 Å². The molecule has 134 valence electrons. The molecular weight excluding hydrogens is 372 g/mol. The van der Waals surface area contributed by atoms with Crippen LogP contribution in [-0.2, 0) is 14.8 Å². The van der Waals surface area contributed by atoms with Gasteiger partial charge in [-0.2, -0.15) is 0 Å². The number of hydrogen-bond donors (Lipinski definition) is 2. The maximum atomic E-state index is 12.6. The summed E-state index contributed by atoms with van der Waals surface area (Å²) in [7, 11) is -2.56. The SMILES string of the molecule is CCCNCCNS(=O)(=O)c1c(C(=O)OC)sc2ccccc12.Cl. The number of hydrogen-bond acceptors (Lipinski definition) is 6. The minimum Gasteiger partial charge on any atom is -0.465 e. The van der Waals surface area contributed by atoms with Gasteiger partial charge in [-0.3, -0.25) is 0 Å². The molecule has 1 heterocycles. The van der Waals surface area contributed by atoms with Crippen molar-refractivity contribution in [2.24, 2.45) is 0 Å². The summed E-state index contributed by atoms with van der Waals surface area (Å²) in [6, 6.07) is 7.03. The molecule has 1 aromatic carbocycles. The molecule has 24 heavy (non-hydrogen) atoms. The van der Waals surface area contributed by atoms with Crippen LogP contribution in [0.2, 0.25) is 0 Å². The van der Waals surface area contributed by atoms with E-state index in [0.29, 0.717) is 11.9 Å². The van der Waals surface area contributed by atoms with Gasteiger partial charge in [-0.25, -0.2) is 17.9 Å². The van der Waals surface area contributed by atoms with Gasteiger partial charge in [-0.05, 0) is 19.0 Å². The normalized spacial score (nSPS) is 11.2. The van der Waals surface area contributed by atoms with Crippen molar-refractivity contribution in [2.45, 2.75) is 18.2 Å². The first kappa shape index (κ1) is 20.9. The second-order valence-corrected chi connectivity index (χ2v) is 7.65. The van der Waals surface area contributed by atoms with E-state index in [4.69, 9.17) is 4.74 Å². The number of esters is 1. The van der Waals surface area contributed by atoms with Crippen molar-refractivity contribution < 1.29 is 17.9 Å². The molecule has 2 rings (SSSR count). The van der Waals surface area contributed by atoms with Crippen molar-refractivity contribution in [1.29, 1.82) is 0 Å². The van der Waals surface area contributed by atoms with Crippen molar-refractivity contribution in [3.8, 4) is 0 Å². The minimum absolute atomic E-state index is 0. The number of ether oxygens (including phenoxy) is 1. The first-order valence-electron chi connectivity index (χ1n) is 7.31. The summed E-state index contributed by atoms with van der Waals surface area (Å²) in [5.74, 6) is -0.643. The standard InChI is InChI=1S/C15H20N2O4S2.ClH/c1-3-8-16-9-10-17-23(19,20)14-11-6-4-5-7-12(11)22-13(14)15(18)21-2;/h4-7,16-17H,3,8-10H2,1-2H3;1H. The first-order chi connectivity index (χ1) is 11.0. The number of fused-ring (bicyclic) bond motifs is 1. The van der Waals surface area contributed by atoms with Crippen LogP contribution in [-0.4, -0.2) is 41.1 Å². The van der Waals surface area contributed by atoms with Gasteiger partial charge in [0.2, 0.25) is 10.0 Å². The highest BCUT2D eigenvalue weighted by molar-refractivity contribution is 7.90. The quantitative estimate of drug-likeness (QED) is 0.532. The lowest BCUT2D eigenvalue weighted by molar-refractivity contribution is 0.0602. The molecule has 0 saturated carbocycles. The van der Waals surface area contributed by atoms with Crippen LogP contribution in [0.15, 0.2) is 29.2 Å². The van der Waals surface area contributed by atoms with E-state index in [2.05, 4.69) is 10.0 Å².